The number of nitrogen functional groups attached to an aromatic ring is 1. The van der Waals surface area contributed by atoms with Gasteiger partial charge in [0.15, 0.2) is 0 Å². The van der Waals surface area contributed by atoms with Crippen LogP contribution in [0.25, 0.3) is 0 Å². The van der Waals surface area contributed by atoms with Crippen molar-refractivity contribution >= 4 is 17.4 Å². The summed E-state index contributed by atoms with van der Waals surface area (Å²) in [6.07, 6.45) is 0.271. The molecule has 0 aliphatic heterocycles. The SMILES string of the molecule is Nc1ccc(OCC(O)CSCCCO)cc1. The molecule has 1 atom stereocenters. The van der Waals surface area contributed by atoms with Crippen molar-refractivity contribution in [1.82, 2.24) is 0 Å². The van der Waals surface area contributed by atoms with Gasteiger partial charge in [0.2, 0.25) is 0 Å². The average Bonchev–Trinajstić information content (AvgIpc) is 2.34. The molecular formula is C12H19NO3S. The molecule has 0 heterocycles. The van der Waals surface area contributed by atoms with Crippen molar-refractivity contribution in [3.05, 3.63) is 24.3 Å². The number of benzene rings is 1. The fourth-order valence-corrected chi connectivity index (χ4v) is 2.06. The average molecular weight is 257 g/mol. The maximum Gasteiger partial charge on any atom is 0.119 e. The highest BCUT2D eigenvalue weighted by Crippen LogP contribution is 2.14. The quantitative estimate of drug-likeness (QED) is 0.481. The molecule has 96 valence electrons. The van der Waals surface area contributed by atoms with E-state index in [1.807, 2.05) is 0 Å². The minimum atomic E-state index is -0.490. The van der Waals surface area contributed by atoms with E-state index in [2.05, 4.69) is 0 Å². The first-order chi connectivity index (χ1) is 8.22. The van der Waals surface area contributed by atoms with Crippen LogP contribution in [0.1, 0.15) is 6.42 Å². The fourth-order valence-electron chi connectivity index (χ4n) is 1.19. The summed E-state index contributed by atoms with van der Waals surface area (Å²) in [4.78, 5) is 0. The number of nitrogens with two attached hydrogens (primary N) is 1. The molecule has 1 aromatic rings. The van der Waals surface area contributed by atoms with Crippen LogP contribution in [0.5, 0.6) is 5.75 Å². The molecule has 0 saturated heterocycles. The molecule has 1 aromatic carbocycles. The van der Waals surface area contributed by atoms with E-state index in [0.29, 0.717) is 17.2 Å². The molecule has 0 aliphatic carbocycles. The van der Waals surface area contributed by atoms with Gasteiger partial charge in [-0.05, 0) is 36.4 Å². The summed E-state index contributed by atoms with van der Waals surface area (Å²) in [6.45, 7) is 0.473. The van der Waals surface area contributed by atoms with Gasteiger partial charge in [0.25, 0.3) is 0 Å². The van der Waals surface area contributed by atoms with E-state index in [4.69, 9.17) is 15.6 Å². The Bertz CT molecular complexity index is 305. The van der Waals surface area contributed by atoms with Crippen molar-refractivity contribution < 1.29 is 14.9 Å². The zero-order valence-corrected chi connectivity index (χ0v) is 10.5. The zero-order valence-electron chi connectivity index (χ0n) is 9.71. The van der Waals surface area contributed by atoms with Crippen LogP contribution in [0.4, 0.5) is 5.69 Å². The Morgan fingerprint density at radius 2 is 2.00 bits per heavy atom. The molecular weight excluding hydrogens is 238 g/mol. The van der Waals surface area contributed by atoms with Crippen molar-refractivity contribution in [3.63, 3.8) is 0 Å². The van der Waals surface area contributed by atoms with Gasteiger partial charge in [0.1, 0.15) is 12.4 Å². The summed E-state index contributed by atoms with van der Waals surface area (Å²) in [5.41, 5.74) is 6.24. The second-order valence-electron chi connectivity index (χ2n) is 3.69. The first-order valence-electron chi connectivity index (χ1n) is 5.57. The molecule has 0 aliphatic rings. The summed E-state index contributed by atoms with van der Waals surface area (Å²) >= 11 is 1.61. The number of thioether (sulfide) groups is 1. The van der Waals surface area contributed by atoms with Gasteiger partial charge in [-0.15, -0.1) is 0 Å². The van der Waals surface area contributed by atoms with Crippen LogP contribution < -0.4 is 10.5 Å². The van der Waals surface area contributed by atoms with Gasteiger partial charge in [0, 0.05) is 18.0 Å². The second-order valence-corrected chi connectivity index (χ2v) is 4.84. The summed E-state index contributed by atoms with van der Waals surface area (Å²) in [7, 11) is 0. The lowest BCUT2D eigenvalue weighted by atomic mass is 10.3. The topological polar surface area (TPSA) is 75.7 Å². The largest absolute Gasteiger partial charge is 0.491 e. The van der Waals surface area contributed by atoms with Crippen LogP contribution >= 0.6 is 11.8 Å². The van der Waals surface area contributed by atoms with E-state index in [1.165, 1.54) is 0 Å². The van der Waals surface area contributed by atoms with Crippen LogP contribution in [0.3, 0.4) is 0 Å². The third-order valence-electron chi connectivity index (χ3n) is 2.08. The van der Waals surface area contributed by atoms with Gasteiger partial charge < -0.3 is 20.7 Å². The Labute approximate surface area is 106 Å². The lowest BCUT2D eigenvalue weighted by molar-refractivity contribution is 0.126. The first kappa shape index (κ1) is 14.2. The normalized spacial score (nSPS) is 12.4. The van der Waals surface area contributed by atoms with Crippen LogP contribution in [-0.4, -0.2) is 41.0 Å². The molecule has 0 aromatic heterocycles. The Balaban J connectivity index is 2.14. The Morgan fingerprint density at radius 3 is 2.65 bits per heavy atom. The maximum atomic E-state index is 9.63. The monoisotopic (exact) mass is 257 g/mol. The Kier molecular flexibility index (Phi) is 6.84. The molecule has 0 spiro atoms. The minimum Gasteiger partial charge on any atom is -0.491 e. The Morgan fingerprint density at radius 1 is 1.29 bits per heavy atom. The smallest absolute Gasteiger partial charge is 0.119 e. The lowest BCUT2D eigenvalue weighted by Gasteiger charge is -2.12. The molecule has 0 amide bonds. The highest BCUT2D eigenvalue weighted by atomic mass is 32.2. The zero-order chi connectivity index (χ0) is 12.5. The molecule has 4 N–H and O–H groups in total. The van der Waals surface area contributed by atoms with E-state index in [9.17, 15) is 5.11 Å². The van der Waals surface area contributed by atoms with E-state index in [0.717, 1.165) is 12.2 Å². The fraction of sp³-hybridized carbons (Fsp3) is 0.500. The minimum absolute atomic E-state index is 0.199. The highest BCUT2D eigenvalue weighted by Gasteiger charge is 2.05. The standard InChI is InChI=1S/C12H19NO3S/c13-10-2-4-12(5-3-10)16-8-11(15)9-17-7-1-6-14/h2-5,11,14-15H,1,6-9,13H2. The second kappa shape index (κ2) is 8.22. The van der Waals surface area contributed by atoms with E-state index in [1.54, 1.807) is 36.0 Å². The van der Waals surface area contributed by atoms with Gasteiger partial charge >= 0.3 is 0 Å². The van der Waals surface area contributed by atoms with Crippen molar-refractivity contribution in [2.24, 2.45) is 0 Å². The van der Waals surface area contributed by atoms with E-state index < -0.39 is 6.10 Å². The summed E-state index contributed by atoms with van der Waals surface area (Å²) in [5.74, 6) is 2.18. The summed E-state index contributed by atoms with van der Waals surface area (Å²) in [6, 6.07) is 7.08. The third kappa shape index (κ3) is 6.41. The van der Waals surface area contributed by atoms with Gasteiger partial charge in [-0.25, -0.2) is 0 Å². The molecule has 17 heavy (non-hydrogen) atoms. The number of hydrogen-bond acceptors (Lipinski definition) is 5. The van der Waals surface area contributed by atoms with Crippen LogP contribution in [0.2, 0.25) is 0 Å². The first-order valence-corrected chi connectivity index (χ1v) is 6.73. The van der Waals surface area contributed by atoms with Gasteiger partial charge in [-0.2, -0.15) is 11.8 Å². The predicted molar refractivity (Wildman–Crippen MR) is 71.4 cm³/mol. The van der Waals surface area contributed by atoms with Gasteiger partial charge in [-0.1, -0.05) is 0 Å². The molecule has 0 saturated carbocycles. The maximum absolute atomic E-state index is 9.63. The summed E-state index contributed by atoms with van der Waals surface area (Å²) < 4.78 is 5.41. The molecule has 0 radical (unpaired) electrons. The molecule has 5 heteroatoms. The molecule has 0 fully saturated rings. The van der Waals surface area contributed by atoms with Crippen LogP contribution in [0.15, 0.2) is 24.3 Å². The van der Waals surface area contributed by atoms with Crippen molar-refractivity contribution in [1.29, 1.82) is 0 Å². The van der Waals surface area contributed by atoms with Crippen molar-refractivity contribution in [2.75, 3.05) is 30.5 Å². The van der Waals surface area contributed by atoms with Crippen LogP contribution in [0, 0.1) is 0 Å². The molecule has 4 nitrogen and oxygen atoms in total. The molecule has 1 rings (SSSR count). The van der Waals surface area contributed by atoms with Gasteiger partial charge in [0.05, 0.1) is 6.10 Å². The third-order valence-corrected chi connectivity index (χ3v) is 3.28. The molecule has 1 unspecified atom stereocenters. The van der Waals surface area contributed by atoms with Crippen LogP contribution in [-0.2, 0) is 0 Å². The summed E-state index contributed by atoms with van der Waals surface area (Å²) in [5, 5.41) is 18.2. The number of anilines is 1. The number of aliphatic hydroxyl groups excluding tert-OH is 2. The van der Waals surface area contributed by atoms with Crippen molar-refractivity contribution in [2.45, 2.75) is 12.5 Å². The number of rotatable bonds is 8. The number of hydrogen-bond donors (Lipinski definition) is 3. The van der Waals surface area contributed by atoms with E-state index in [-0.39, 0.29) is 13.2 Å². The molecule has 0 bridgehead atoms. The highest BCUT2D eigenvalue weighted by molar-refractivity contribution is 7.99. The predicted octanol–water partition coefficient (Wildman–Crippen LogP) is 1.12. The lowest BCUT2D eigenvalue weighted by Crippen LogP contribution is -2.20. The number of ether oxygens (including phenoxy) is 1. The Hall–Kier alpha value is -0.910. The van der Waals surface area contributed by atoms with Gasteiger partial charge in [-0.3, -0.25) is 0 Å². The number of aliphatic hydroxyl groups is 2. The van der Waals surface area contributed by atoms with E-state index >= 15 is 0 Å². The van der Waals surface area contributed by atoms with Crippen molar-refractivity contribution in [3.8, 4) is 5.75 Å².